The van der Waals surface area contributed by atoms with Gasteiger partial charge in [0.2, 0.25) is 0 Å². The van der Waals surface area contributed by atoms with Gasteiger partial charge in [0.05, 0.1) is 11.5 Å². The first-order valence-corrected chi connectivity index (χ1v) is 8.60. The van der Waals surface area contributed by atoms with E-state index in [-0.39, 0.29) is 11.4 Å². The van der Waals surface area contributed by atoms with Gasteiger partial charge in [-0.1, -0.05) is 17.7 Å². The van der Waals surface area contributed by atoms with Crippen molar-refractivity contribution in [2.24, 2.45) is 11.3 Å². The Morgan fingerprint density at radius 3 is 2.48 bits per heavy atom. The highest BCUT2D eigenvalue weighted by Gasteiger charge is 2.63. The molecule has 0 heterocycles. The highest BCUT2D eigenvalue weighted by atomic mass is 32.2. The first kappa shape index (κ1) is 14.7. The quantitative estimate of drug-likeness (QED) is 0.821. The smallest absolute Gasteiger partial charge is 0.324 e. The minimum atomic E-state index is -1.39. The highest BCUT2D eigenvalue weighted by Crippen LogP contribution is 2.66. The molecule has 3 aliphatic rings. The van der Waals surface area contributed by atoms with Gasteiger partial charge in [0.15, 0.2) is 0 Å². The Kier molecular flexibility index (Phi) is 3.88. The van der Waals surface area contributed by atoms with Crippen LogP contribution in [0.15, 0.2) is 29.2 Å². The van der Waals surface area contributed by atoms with Crippen LogP contribution >= 0.6 is 0 Å². The molecule has 0 unspecified atom stereocenters. The van der Waals surface area contributed by atoms with E-state index in [1.807, 2.05) is 31.2 Å². The van der Waals surface area contributed by atoms with E-state index in [4.69, 9.17) is 4.74 Å². The number of rotatable bonds is 6. The van der Waals surface area contributed by atoms with Crippen LogP contribution in [0.25, 0.3) is 0 Å². The second kappa shape index (κ2) is 5.54. The molecular weight excluding hydrogens is 286 g/mol. The molecule has 2 atom stereocenters. The van der Waals surface area contributed by atoms with Gasteiger partial charge >= 0.3 is 5.97 Å². The number of benzene rings is 1. The predicted octanol–water partition coefficient (Wildman–Crippen LogP) is 2.34. The Morgan fingerprint density at radius 2 is 2.00 bits per heavy atom. The molecule has 0 saturated heterocycles. The topological polar surface area (TPSA) is 55.4 Å². The SMILES string of the molecule is CCOC(=O)[C@H](N[S@@](=O)c1ccc(C)cc1)C12CC(C1)C2. The first-order chi connectivity index (χ1) is 10.0. The van der Waals surface area contributed by atoms with Gasteiger partial charge < -0.3 is 4.74 Å². The summed E-state index contributed by atoms with van der Waals surface area (Å²) in [6, 6.07) is 7.07. The Balaban J connectivity index is 1.73. The van der Waals surface area contributed by atoms with Gasteiger partial charge in [-0.05, 0) is 56.6 Å². The molecule has 21 heavy (non-hydrogen) atoms. The molecule has 1 aromatic carbocycles. The molecule has 3 fully saturated rings. The Morgan fingerprint density at radius 1 is 1.38 bits per heavy atom. The van der Waals surface area contributed by atoms with Crippen molar-refractivity contribution in [1.82, 2.24) is 4.72 Å². The number of nitrogens with one attached hydrogen (secondary N) is 1. The summed E-state index contributed by atoms with van der Waals surface area (Å²) in [5.41, 5.74) is 1.11. The molecule has 0 aliphatic heterocycles. The molecule has 4 rings (SSSR count). The van der Waals surface area contributed by atoms with Crippen molar-refractivity contribution in [2.75, 3.05) is 6.61 Å². The number of ether oxygens (including phenoxy) is 1. The number of carbonyl (C=O) groups is 1. The van der Waals surface area contributed by atoms with E-state index in [0.29, 0.717) is 11.5 Å². The summed E-state index contributed by atoms with van der Waals surface area (Å²) in [5, 5.41) is 0. The van der Waals surface area contributed by atoms with Crippen LogP contribution in [-0.4, -0.2) is 22.8 Å². The van der Waals surface area contributed by atoms with Crippen LogP contribution in [0.5, 0.6) is 0 Å². The molecule has 114 valence electrons. The predicted molar refractivity (Wildman–Crippen MR) is 80.9 cm³/mol. The van der Waals surface area contributed by atoms with E-state index < -0.39 is 17.0 Å². The van der Waals surface area contributed by atoms with Gasteiger partial charge in [-0.25, -0.2) is 8.93 Å². The first-order valence-electron chi connectivity index (χ1n) is 7.45. The second-order valence-electron chi connectivity index (χ2n) is 6.23. The van der Waals surface area contributed by atoms with Crippen LogP contribution in [0.3, 0.4) is 0 Å². The number of hydrogen-bond donors (Lipinski definition) is 1. The van der Waals surface area contributed by atoms with E-state index in [1.54, 1.807) is 6.92 Å². The van der Waals surface area contributed by atoms with Crippen LogP contribution in [0.4, 0.5) is 0 Å². The molecule has 1 aromatic rings. The Bertz CT molecular complexity index is 552. The zero-order valence-electron chi connectivity index (χ0n) is 12.4. The second-order valence-corrected chi connectivity index (χ2v) is 7.47. The molecule has 0 amide bonds. The molecular formula is C16H21NO3S. The molecule has 0 radical (unpaired) electrons. The summed E-state index contributed by atoms with van der Waals surface area (Å²) in [6.45, 7) is 4.14. The van der Waals surface area contributed by atoms with Crippen molar-refractivity contribution in [1.29, 1.82) is 0 Å². The highest BCUT2D eigenvalue weighted by molar-refractivity contribution is 7.83. The monoisotopic (exact) mass is 307 g/mol. The number of esters is 1. The summed E-state index contributed by atoms with van der Waals surface area (Å²) in [7, 11) is -1.39. The summed E-state index contributed by atoms with van der Waals surface area (Å²) in [5.74, 6) is 0.493. The third kappa shape index (κ3) is 2.64. The Labute approximate surface area is 127 Å². The maximum Gasteiger partial charge on any atom is 0.324 e. The van der Waals surface area contributed by atoms with Crippen molar-refractivity contribution in [2.45, 2.75) is 44.0 Å². The summed E-state index contributed by atoms with van der Waals surface area (Å²) in [6.07, 6.45) is 3.15. The van der Waals surface area contributed by atoms with E-state index in [9.17, 15) is 9.00 Å². The van der Waals surface area contributed by atoms with Crippen molar-refractivity contribution in [3.8, 4) is 0 Å². The van der Waals surface area contributed by atoms with Crippen LogP contribution in [-0.2, 0) is 20.5 Å². The standard InChI is InChI=1S/C16H21NO3S/c1-3-20-15(18)14(16-8-12(9-16)10-16)17-21(19)13-6-4-11(2)5-7-13/h4-7,12,14,17H,3,8-10H2,1-2H3/t12?,14-,16?,21-/m0/s1. The zero-order valence-corrected chi connectivity index (χ0v) is 13.2. The fourth-order valence-corrected chi connectivity index (χ4v) is 4.46. The lowest BCUT2D eigenvalue weighted by Crippen LogP contribution is -2.65. The van der Waals surface area contributed by atoms with E-state index in [1.165, 1.54) is 0 Å². The molecule has 3 aliphatic carbocycles. The summed E-state index contributed by atoms with van der Waals surface area (Å²) >= 11 is 0. The van der Waals surface area contributed by atoms with Crippen LogP contribution in [0.2, 0.25) is 0 Å². The fraction of sp³-hybridized carbons (Fsp3) is 0.562. The van der Waals surface area contributed by atoms with E-state index >= 15 is 0 Å². The average molecular weight is 307 g/mol. The number of hydrogen-bond acceptors (Lipinski definition) is 3. The van der Waals surface area contributed by atoms with Crippen molar-refractivity contribution >= 4 is 17.0 Å². The normalized spacial score (nSPS) is 29.0. The summed E-state index contributed by atoms with van der Waals surface area (Å²) in [4.78, 5) is 12.9. The van der Waals surface area contributed by atoms with E-state index in [0.717, 1.165) is 30.7 Å². The van der Waals surface area contributed by atoms with Crippen molar-refractivity contribution in [3.05, 3.63) is 29.8 Å². The van der Waals surface area contributed by atoms with Crippen molar-refractivity contribution in [3.63, 3.8) is 0 Å². The lowest BCUT2D eigenvalue weighted by atomic mass is 9.42. The van der Waals surface area contributed by atoms with Crippen LogP contribution in [0, 0.1) is 18.3 Å². The minimum Gasteiger partial charge on any atom is -0.465 e. The third-order valence-corrected chi connectivity index (χ3v) is 5.83. The van der Waals surface area contributed by atoms with Gasteiger partial charge in [0, 0.05) is 0 Å². The lowest BCUT2D eigenvalue weighted by Gasteiger charge is -2.64. The van der Waals surface area contributed by atoms with Crippen LogP contribution in [0.1, 0.15) is 31.7 Å². The fourth-order valence-electron chi connectivity index (χ4n) is 3.38. The van der Waals surface area contributed by atoms with Gasteiger partial charge in [0.1, 0.15) is 17.0 Å². The van der Waals surface area contributed by atoms with Gasteiger partial charge in [-0.15, -0.1) is 0 Å². The maximum absolute atomic E-state index is 12.5. The van der Waals surface area contributed by atoms with Gasteiger partial charge in [-0.2, -0.15) is 0 Å². The largest absolute Gasteiger partial charge is 0.465 e. The molecule has 0 aromatic heterocycles. The number of aryl methyl sites for hydroxylation is 1. The van der Waals surface area contributed by atoms with Gasteiger partial charge in [-0.3, -0.25) is 4.79 Å². The molecule has 1 N–H and O–H groups in total. The molecule has 0 spiro atoms. The average Bonchev–Trinajstić information content (AvgIpc) is 2.35. The van der Waals surface area contributed by atoms with Crippen LogP contribution < -0.4 is 4.72 Å². The molecule has 2 bridgehead atoms. The number of carbonyl (C=O) groups excluding carboxylic acids is 1. The lowest BCUT2D eigenvalue weighted by molar-refractivity contribution is -0.172. The molecule has 3 saturated carbocycles. The minimum absolute atomic E-state index is 0.0166. The molecule has 4 nitrogen and oxygen atoms in total. The zero-order chi connectivity index (χ0) is 15.0. The van der Waals surface area contributed by atoms with Crippen molar-refractivity contribution < 1.29 is 13.7 Å². The van der Waals surface area contributed by atoms with Gasteiger partial charge in [0.25, 0.3) is 0 Å². The third-order valence-electron chi connectivity index (χ3n) is 4.68. The van der Waals surface area contributed by atoms with E-state index in [2.05, 4.69) is 4.72 Å². The maximum atomic E-state index is 12.5. The summed E-state index contributed by atoms with van der Waals surface area (Å²) < 4.78 is 20.7. The Hall–Kier alpha value is -1.20. The molecule has 5 heteroatoms.